The number of aromatic nitrogens is 4. The lowest BCUT2D eigenvalue weighted by Gasteiger charge is -2.24. The van der Waals surface area contributed by atoms with Crippen LogP contribution in [0.15, 0.2) is 231 Å². The quantitative estimate of drug-likeness (QED) is 0.153. The molecular formula is C82H56F9N5. The molecule has 0 aliphatic rings. The van der Waals surface area contributed by atoms with E-state index in [4.69, 9.17) is 0 Å². The fourth-order valence-electron chi connectivity index (χ4n) is 14.5. The van der Waals surface area contributed by atoms with Gasteiger partial charge in [0.2, 0.25) is 0 Å². The molecule has 16 aromatic rings. The maximum absolute atomic E-state index is 15.5. The van der Waals surface area contributed by atoms with Crippen LogP contribution in [0.25, 0.3) is 132 Å². The lowest BCUT2D eigenvalue weighted by Crippen LogP contribution is -2.15. The van der Waals surface area contributed by atoms with E-state index in [2.05, 4.69) is 18.2 Å². The Hall–Kier alpha value is -11.3. The van der Waals surface area contributed by atoms with Gasteiger partial charge >= 0.3 is 18.5 Å². The summed E-state index contributed by atoms with van der Waals surface area (Å²) >= 11 is 0. The summed E-state index contributed by atoms with van der Waals surface area (Å²) in [4.78, 5) is 0. The number of fused-ring (bicyclic) bond motifs is 12. The van der Waals surface area contributed by atoms with Gasteiger partial charge in [-0.2, -0.15) is 44.8 Å². The van der Waals surface area contributed by atoms with Gasteiger partial charge in [-0.15, -0.1) is 0 Å². The SMILES string of the molecule is Cc1ccc2c(c1)c1ccccc1n2-c1cc(-c2c(C)cccc2C(F)(F)F)c(-n2c3ccccc3c3cc(C)ccc32)cc1C#N.Cc1ccc2c(c1)c1ccccc1n2-c1cc(C(F)(F)F)c(-n2c3ccccc3c3cc(C)ccc32)cc1-c1c(C)cccc1C(F)(F)F. The predicted molar refractivity (Wildman–Crippen MR) is 369 cm³/mol. The van der Waals surface area contributed by atoms with Crippen LogP contribution in [0.4, 0.5) is 39.5 Å². The van der Waals surface area contributed by atoms with Crippen molar-refractivity contribution in [2.75, 3.05) is 0 Å². The third-order valence-electron chi connectivity index (χ3n) is 18.6. The largest absolute Gasteiger partial charge is 0.418 e. The minimum atomic E-state index is -4.86. The molecule has 5 nitrogen and oxygen atoms in total. The normalized spacial score (nSPS) is 12.3. The molecule has 14 heteroatoms. The summed E-state index contributed by atoms with van der Waals surface area (Å²) in [6, 6.07) is 70.1. The fourth-order valence-corrected chi connectivity index (χ4v) is 14.5. The third-order valence-corrected chi connectivity index (χ3v) is 18.6. The Bertz CT molecular complexity index is 5960. The second kappa shape index (κ2) is 22.4. The molecule has 0 aliphatic heterocycles. The number of rotatable bonds is 6. The predicted octanol–water partition coefficient (Wildman–Crippen LogP) is 23.9. The first kappa shape index (κ1) is 60.9. The van der Waals surface area contributed by atoms with Crippen molar-refractivity contribution in [2.24, 2.45) is 0 Å². The van der Waals surface area contributed by atoms with E-state index in [9.17, 15) is 31.6 Å². The van der Waals surface area contributed by atoms with E-state index in [0.717, 1.165) is 106 Å². The first-order valence-electron chi connectivity index (χ1n) is 31.2. The Morgan fingerprint density at radius 1 is 0.271 bits per heavy atom. The van der Waals surface area contributed by atoms with E-state index in [1.165, 1.54) is 22.8 Å². The highest BCUT2D eigenvalue weighted by atomic mass is 19.4. The van der Waals surface area contributed by atoms with Crippen LogP contribution in [-0.4, -0.2) is 18.3 Å². The van der Waals surface area contributed by atoms with Crippen molar-refractivity contribution in [3.05, 3.63) is 286 Å². The number of aryl methyl sites for hydroxylation is 6. The van der Waals surface area contributed by atoms with Crippen molar-refractivity contribution in [3.8, 4) is 51.1 Å². The van der Waals surface area contributed by atoms with E-state index in [1.54, 1.807) is 73.0 Å². The van der Waals surface area contributed by atoms with Gasteiger partial charge in [0.25, 0.3) is 0 Å². The van der Waals surface area contributed by atoms with Crippen molar-refractivity contribution in [3.63, 3.8) is 0 Å². The number of alkyl halides is 9. The van der Waals surface area contributed by atoms with Gasteiger partial charge in [0.15, 0.2) is 0 Å². The van der Waals surface area contributed by atoms with Crippen molar-refractivity contribution in [2.45, 2.75) is 60.1 Å². The van der Waals surface area contributed by atoms with E-state index in [1.807, 2.05) is 164 Å². The van der Waals surface area contributed by atoms with Crippen molar-refractivity contribution in [1.82, 2.24) is 18.3 Å². The first-order valence-corrected chi connectivity index (χ1v) is 31.2. The van der Waals surface area contributed by atoms with E-state index in [0.29, 0.717) is 50.1 Å². The maximum atomic E-state index is 15.5. The van der Waals surface area contributed by atoms with E-state index in [-0.39, 0.29) is 33.6 Å². The highest BCUT2D eigenvalue weighted by Gasteiger charge is 2.40. The zero-order valence-electron chi connectivity index (χ0n) is 52.6. The van der Waals surface area contributed by atoms with E-state index < -0.39 is 35.2 Å². The number of para-hydroxylation sites is 4. The molecule has 0 atom stereocenters. The van der Waals surface area contributed by atoms with Gasteiger partial charge in [0.1, 0.15) is 6.07 Å². The molecule has 12 aromatic carbocycles. The van der Waals surface area contributed by atoms with Crippen LogP contribution < -0.4 is 0 Å². The highest BCUT2D eigenvalue weighted by molar-refractivity contribution is 6.14. The molecule has 0 saturated carbocycles. The van der Waals surface area contributed by atoms with Gasteiger partial charge in [-0.3, -0.25) is 0 Å². The summed E-state index contributed by atoms with van der Waals surface area (Å²) in [6.45, 7) is 11.2. The summed E-state index contributed by atoms with van der Waals surface area (Å²) in [7, 11) is 0. The monoisotopic (exact) mass is 1280 g/mol. The van der Waals surface area contributed by atoms with Gasteiger partial charge in [-0.1, -0.05) is 144 Å². The van der Waals surface area contributed by atoms with Crippen LogP contribution in [-0.2, 0) is 18.5 Å². The molecule has 4 heterocycles. The molecule has 0 spiro atoms. The second-order valence-corrected chi connectivity index (χ2v) is 24.9. The van der Waals surface area contributed by atoms with Crippen LogP contribution in [0.2, 0.25) is 0 Å². The Labute approximate surface area is 544 Å². The summed E-state index contributed by atoms with van der Waals surface area (Å²) < 4.78 is 143. The van der Waals surface area contributed by atoms with Gasteiger partial charge < -0.3 is 18.3 Å². The lowest BCUT2D eigenvalue weighted by molar-refractivity contribution is -0.138. The molecule has 96 heavy (non-hydrogen) atoms. The maximum Gasteiger partial charge on any atom is 0.418 e. The van der Waals surface area contributed by atoms with Gasteiger partial charge in [0.05, 0.1) is 89.1 Å². The topological polar surface area (TPSA) is 43.5 Å². The fraction of sp³-hybridized carbons (Fsp3) is 0.110. The standard InChI is InChI=1S/C41H28F6N2.C41H28F3N3/c1-23-15-17-35-28(19-23)26-10-4-6-13-33(26)48(35)37-22-32(41(45,46)47)38(21-30(37)39-25(3)9-8-12-31(39)40(42,43)44)49-34-14-7-5-11-27(34)29-20-24(2)16-18-36(29)49;1-24-15-17-36-30(19-24)28-10-4-6-13-34(28)46(36)38-22-32(40-26(3)9-8-12-33(40)41(42,43)44)39(21-27(38)23-45)47-35-14-7-5-11-29(35)31-20-25(2)16-18-37(31)47/h4-22H,1-3H3;4-22H,1-3H3. The van der Waals surface area contributed by atoms with Crippen LogP contribution in [0, 0.1) is 52.9 Å². The molecular weight excluding hydrogens is 1230 g/mol. The zero-order chi connectivity index (χ0) is 67.0. The lowest BCUT2D eigenvalue weighted by atomic mass is 9.91. The third kappa shape index (κ3) is 9.85. The van der Waals surface area contributed by atoms with Crippen molar-refractivity contribution >= 4 is 87.2 Å². The Balaban J connectivity index is 0.000000158. The molecule has 0 N–H and O–H groups in total. The van der Waals surface area contributed by atoms with Gasteiger partial charge in [-0.25, -0.2) is 0 Å². The number of hydrogen-bond acceptors (Lipinski definition) is 1. The molecule has 0 aliphatic carbocycles. The molecule has 0 radical (unpaired) electrons. The number of nitriles is 1. The molecule has 0 amide bonds. The highest BCUT2D eigenvalue weighted by Crippen LogP contribution is 2.50. The van der Waals surface area contributed by atoms with Crippen LogP contribution in [0.1, 0.15) is 55.6 Å². The van der Waals surface area contributed by atoms with Gasteiger partial charge in [0, 0.05) is 54.2 Å². The van der Waals surface area contributed by atoms with Crippen LogP contribution >= 0.6 is 0 Å². The average molecular weight is 1280 g/mol. The molecule has 0 unspecified atom stereocenters. The smallest absolute Gasteiger partial charge is 0.309 e. The molecule has 0 saturated heterocycles. The zero-order valence-corrected chi connectivity index (χ0v) is 52.6. The van der Waals surface area contributed by atoms with Gasteiger partial charge in [-0.05, 0) is 173 Å². The Kier molecular flexibility index (Phi) is 14.2. The Morgan fingerprint density at radius 3 is 0.896 bits per heavy atom. The summed E-state index contributed by atoms with van der Waals surface area (Å²) in [5, 5.41) is 17.8. The number of nitrogens with zero attached hydrogens (tertiary/aromatic N) is 5. The number of hydrogen-bond donors (Lipinski definition) is 0. The van der Waals surface area contributed by atoms with E-state index >= 15 is 13.2 Å². The van der Waals surface area contributed by atoms with Crippen LogP contribution in [0.3, 0.4) is 0 Å². The first-order chi connectivity index (χ1) is 46.0. The summed E-state index contributed by atoms with van der Waals surface area (Å²) in [6.07, 6.45) is -14.2. The number of halogens is 9. The second-order valence-electron chi connectivity index (χ2n) is 24.9. The minimum Gasteiger partial charge on any atom is -0.309 e. The summed E-state index contributed by atoms with van der Waals surface area (Å²) in [5.41, 5.74) is 9.35. The molecule has 0 bridgehead atoms. The average Bonchev–Trinajstić information content (AvgIpc) is 1.43. The minimum absolute atomic E-state index is 0.00235. The van der Waals surface area contributed by atoms with Crippen molar-refractivity contribution in [1.29, 1.82) is 5.26 Å². The number of benzene rings is 12. The molecule has 472 valence electrons. The van der Waals surface area contributed by atoms with Crippen LogP contribution in [0.5, 0.6) is 0 Å². The van der Waals surface area contributed by atoms with Crippen molar-refractivity contribution < 1.29 is 39.5 Å². The molecule has 4 aromatic heterocycles. The molecule has 0 fully saturated rings. The molecule has 16 rings (SSSR count). The summed E-state index contributed by atoms with van der Waals surface area (Å²) in [5.74, 6) is 0. The Morgan fingerprint density at radius 2 is 0.562 bits per heavy atom.